The van der Waals surface area contributed by atoms with Crippen molar-refractivity contribution in [1.82, 2.24) is 10.3 Å². The van der Waals surface area contributed by atoms with Gasteiger partial charge in [-0.15, -0.1) is 11.3 Å². The van der Waals surface area contributed by atoms with Crippen LogP contribution in [0.5, 0.6) is 0 Å². The summed E-state index contributed by atoms with van der Waals surface area (Å²) in [7, 11) is 0. The normalized spacial score (nSPS) is 16.0. The van der Waals surface area contributed by atoms with Crippen LogP contribution in [0.15, 0.2) is 0 Å². The van der Waals surface area contributed by atoms with E-state index < -0.39 is 6.04 Å². The molecule has 1 aliphatic carbocycles. The summed E-state index contributed by atoms with van der Waals surface area (Å²) in [5.74, 6) is -0.352. The molecule has 0 unspecified atom stereocenters. The van der Waals surface area contributed by atoms with Gasteiger partial charge in [0.25, 0.3) is 0 Å². The number of amides is 2. The molecule has 21 heavy (non-hydrogen) atoms. The van der Waals surface area contributed by atoms with Crippen molar-refractivity contribution in [3.8, 4) is 0 Å². The predicted molar refractivity (Wildman–Crippen MR) is 84.4 cm³/mol. The number of anilines is 1. The maximum absolute atomic E-state index is 12.3. The van der Waals surface area contributed by atoms with Crippen molar-refractivity contribution >= 4 is 28.3 Å². The van der Waals surface area contributed by atoms with Crippen LogP contribution in [0.25, 0.3) is 0 Å². The molecule has 0 aliphatic heterocycles. The zero-order chi connectivity index (χ0) is 15.4. The lowest BCUT2D eigenvalue weighted by Gasteiger charge is -2.20. The fourth-order valence-electron chi connectivity index (χ4n) is 2.52. The lowest BCUT2D eigenvalue weighted by molar-refractivity contribution is -0.126. The van der Waals surface area contributed by atoms with Gasteiger partial charge in [0, 0.05) is 11.8 Å². The third-order valence-corrected chi connectivity index (χ3v) is 4.71. The number of aryl methyl sites for hydroxylation is 2. The molecule has 0 bridgehead atoms. The summed E-state index contributed by atoms with van der Waals surface area (Å²) in [6, 6.07) is -0.522. The number of fused-ring (bicyclic) bond motifs is 1. The van der Waals surface area contributed by atoms with Crippen LogP contribution in [0.2, 0.25) is 0 Å². The van der Waals surface area contributed by atoms with E-state index in [4.69, 9.17) is 0 Å². The van der Waals surface area contributed by atoms with Gasteiger partial charge >= 0.3 is 0 Å². The molecule has 5 nitrogen and oxygen atoms in total. The van der Waals surface area contributed by atoms with Crippen LogP contribution in [0.3, 0.4) is 0 Å². The van der Waals surface area contributed by atoms with E-state index in [-0.39, 0.29) is 17.7 Å². The molecule has 1 aliphatic rings. The Hall–Kier alpha value is -1.43. The zero-order valence-electron chi connectivity index (χ0n) is 12.9. The van der Waals surface area contributed by atoms with Gasteiger partial charge in [0.1, 0.15) is 6.04 Å². The second-order valence-corrected chi connectivity index (χ2v) is 6.94. The Bertz CT molecular complexity index is 501. The smallest absolute Gasteiger partial charge is 0.248 e. The first-order chi connectivity index (χ1) is 9.97. The quantitative estimate of drug-likeness (QED) is 0.840. The summed E-state index contributed by atoms with van der Waals surface area (Å²) >= 11 is 1.57. The molecular weight excluding hydrogens is 286 g/mol. The fraction of sp³-hybridized carbons (Fsp3) is 0.667. The Balaban J connectivity index is 2.06. The molecule has 6 heteroatoms. The van der Waals surface area contributed by atoms with Crippen LogP contribution in [0.4, 0.5) is 5.13 Å². The fourth-order valence-corrected chi connectivity index (χ4v) is 3.57. The molecule has 2 N–H and O–H groups in total. The van der Waals surface area contributed by atoms with Gasteiger partial charge in [0.2, 0.25) is 11.8 Å². The molecule has 0 saturated carbocycles. The van der Waals surface area contributed by atoms with Gasteiger partial charge < -0.3 is 10.6 Å². The minimum Gasteiger partial charge on any atom is -0.344 e. The van der Waals surface area contributed by atoms with Gasteiger partial charge in [-0.3, -0.25) is 9.59 Å². The first-order valence-corrected chi connectivity index (χ1v) is 8.35. The Morgan fingerprint density at radius 1 is 1.19 bits per heavy atom. The standard InChI is InChI=1S/C15H23N3O2S/c1-9(2)13(16-10(3)19)14(20)18-15-17-11-7-5-4-6-8-12(11)21-15/h9,13H,4-8H2,1-3H3,(H,16,19)(H,17,18,20)/t13-/m1/s1. The molecule has 1 aromatic heterocycles. The third kappa shape index (κ3) is 4.27. The van der Waals surface area contributed by atoms with Crippen molar-refractivity contribution in [3.63, 3.8) is 0 Å². The van der Waals surface area contributed by atoms with Gasteiger partial charge in [-0.05, 0) is 31.6 Å². The highest BCUT2D eigenvalue weighted by molar-refractivity contribution is 7.15. The molecule has 0 saturated heterocycles. The van der Waals surface area contributed by atoms with Crippen molar-refractivity contribution in [2.24, 2.45) is 5.92 Å². The SMILES string of the molecule is CC(=O)N[C@@H](C(=O)Nc1nc2c(s1)CCCCC2)C(C)C. The monoisotopic (exact) mass is 309 g/mol. The van der Waals surface area contributed by atoms with E-state index in [9.17, 15) is 9.59 Å². The summed E-state index contributed by atoms with van der Waals surface area (Å²) in [4.78, 5) is 29.4. The number of carbonyl (C=O) groups is 2. The molecule has 1 aromatic rings. The van der Waals surface area contributed by atoms with E-state index in [0.29, 0.717) is 5.13 Å². The minimum atomic E-state index is -0.522. The summed E-state index contributed by atoms with van der Waals surface area (Å²) in [6.45, 7) is 5.25. The molecule has 1 atom stereocenters. The second-order valence-electron chi connectivity index (χ2n) is 5.86. The number of nitrogens with one attached hydrogen (secondary N) is 2. The third-order valence-electron chi connectivity index (χ3n) is 3.63. The Kier molecular flexibility index (Phi) is 5.33. The highest BCUT2D eigenvalue weighted by atomic mass is 32.1. The molecule has 2 amide bonds. The topological polar surface area (TPSA) is 71.1 Å². The molecule has 0 fully saturated rings. The van der Waals surface area contributed by atoms with Crippen LogP contribution >= 0.6 is 11.3 Å². The Labute approximate surface area is 129 Å². The van der Waals surface area contributed by atoms with Crippen molar-refractivity contribution in [3.05, 3.63) is 10.6 Å². The number of rotatable bonds is 4. The van der Waals surface area contributed by atoms with Crippen LogP contribution < -0.4 is 10.6 Å². The maximum Gasteiger partial charge on any atom is 0.248 e. The van der Waals surface area contributed by atoms with Gasteiger partial charge in [-0.2, -0.15) is 0 Å². The number of thiazole rings is 1. The average molecular weight is 309 g/mol. The van der Waals surface area contributed by atoms with Crippen LogP contribution in [0, 0.1) is 5.92 Å². The molecular formula is C15H23N3O2S. The highest BCUT2D eigenvalue weighted by Crippen LogP contribution is 2.29. The largest absolute Gasteiger partial charge is 0.344 e. The number of aromatic nitrogens is 1. The van der Waals surface area contributed by atoms with Gasteiger partial charge in [0.05, 0.1) is 5.69 Å². The molecule has 116 valence electrons. The highest BCUT2D eigenvalue weighted by Gasteiger charge is 2.24. The van der Waals surface area contributed by atoms with Crippen molar-refractivity contribution < 1.29 is 9.59 Å². The lowest BCUT2D eigenvalue weighted by atomic mass is 10.0. The van der Waals surface area contributed by atoms with Crippen LogP contribution in [-0.4, -0.2) is 22.8 Å². The predicted octanol–water partition coefficient (Wildman–Crippen LogP) is 2.51. The summed E-state index contributed by atoms with van der Waals surface area (Å²) in [5.41, 5.74) is 1.13. The van der Waals surface area contributed by atoms with E-state index in [1.165, 1.54) is 31.1 Å². The number of nitrogens with zero attached hydrogens (tertiary/aromatic N) is 1. The van der Waals surface area contributed by atoms with E-state index in [1.807, 2.05) is 13.8 Å². The second kappa shape index (κ2) is 7.02. The first kappa shape index (κ1) is 15.9. The number of hydrogen-bond acceptors (Lipinski definition) is 4. The summed E-state index contributed by atoms with van der Waals surface area (Å²) in [6.07, 6.45) is 5.68. The van der Waals surface area contributed by atoms with E-state index >= 15 is 0 Å². The van der Waals surface area contributed by atoms with Crippen molar-refractivity contribution in [2.75, 3.05) is 5.32 Å². The van der Waals surface area contributed by atoms with Crippen LogP contribution in [-0.2, 0) is 22.4 Å². The van der Waals surface area contributed by atoms with Crippen molar-refractivity contribution in [2.45, 2.75) is 58.9 Å². The van der Waals surface area contributed by atoms with E-state index in [2.05, 4.69) is 15.6 Å². The lowest BCUT2D eigenvalue weighted by Crippen LogP contribution is -2.46. The van der Waals surface area contributed by atoms with Crippen molar-refractivity contribution in [1.29, 1.82) is 0 Å². The summed E-state index contributed by atoms with van der Waals surface area (Å²) in [5, 5.41) is 6.21. The molecule has 0 aromatic carbocycles. The molecule has 1 heterocycles. The average Bonchev–Trinajstić information content (AvgIpc) is 2.64. The molecule has 0 radical (unpaired) electrons. The Morgan fingerprint density at radius 2 is 1.90 bits per heavy atom. The molecule has 0 spiro atoms. The first-order valence-electron chi connectivity index (χ1n) is 7.54. The van der Waals surface area contributed by atoms with Gasteiger partial charge in [-0.25, -0.2) is 4.98 Å². The Morgan fingerprint density at radius 3 is 2.57 bits per heavy atom. The minimum absolute atomic E-state index is 0.0340. The van der Waals surface area contributed by atoms with Crippen LogP contribution in [0.1, 0.15) is 50.6 Å². The van der Waals surface area contributed by atoms with Gasteiger partial charge in [0.15, 0.2) is 5.13 Å². The number of hydrogen-bond donors (Lipinski definition) is 2. The van der Waals surface area contributed by atoms with E-state index in [0.717, 1.165) is 18.5 Å². The molecule has 2 rings (SSSR count). The van der Waals surface area contributed by atoms with E-state index in [1.54, 1.807) is 11.3 Å². The summed E-state index contributed by atoms with van der Waals surface area (Å²) < 4.78 is 0. The zero-order valence-corrected chi connectivity index (χ0v) is 13.7. The maximum atomic E-state index is 12.3. The van der Waals surface area contributed by atoms with Gasteiger partial charge in [-0.1, -0.05) is 20.3 Å². The number of carbonyl (C=O) groups excluding carboxylic acids is 2.